The fraction of sp³-hybridized carbons (Fsp3) is 0.231. The molecule has 0 atom stereocenters. The number of halogens is 1. The van der Waals surface area contributed by atoms with Crippen molar-refractivity contribution >= 4 is 21.8 Å². The van der Waals surface area contributed by atoms with Crippen molar-refractivity contribution in [2.24, 2.45) is 5.73 Å². The second-order valence-corrected chi connectivity index (χ2v) is 5.29. The first kappa shape index (κ1) is 12.2. The lowest BCUT2D eigenvalue weighted by Crippen LogP contribution is -2.14. The Morgan fingerprint density at radius 1 is 1.53 bits per heavy atom. The zero-order valence-electron chi connectivity index (χ0n) is 10.3. The molecule has 0 unspecified atom stereocenters. The monoisotopic (exact) mass is 321 g/mol. The van der Waals surface area contributed by atoms with Crippen LogP contribution in [0.15, 0.2) is 22.7 Å². The van der Waals surface area contributed by atoms with Crippen LogP contribution < -0.4 is 10.5 Å². The molecule has 3 rings (SSSR count). The van der Waals surface area contributed by atoms with Gasteiger partial charge in [0.15, 0.2) is 0 Å². The SMILES string of the molecule is Cc1c(C(N)=O)nc2n1CCOc1ccc(Br)cc1-2. The standard InChI is InChI=1S/C13H12BrN3O2/c1-7-11(12(15)18)16-13-9-6-8(14)2-3-10(9)19-5-4-17(7)13/h2-3,6H,4-5H2,1H3,(H2,15,18). The molecule has 2 aromatic rings. The van der Waals surface area contributed by atoms with E-state index >= 15 is 0 Å². The number of fused-ring (bicyclic) bond motifs is 3. The first-order valence-corrected chi connectivity index (χ1v) is 6.67. The highest BCUT2D eigenvalue weighted by atomic mass is 79.9. The summed E-state index contributed by atoms with van der Waals surface area (Å²) >= 11 is 3.44. The number of aromatic nitrogens is 2. The number of hydrogen-bond donors (Lipinski definition) is 1. The lowest BCUT2D eigenvalue weighted by molar-refractivity contribution is 0.0995. The number of carbonyl (C=O) groups excluding carboxylic acids is 1. The molecule has 6 heteroatoms. The lowest BCUT2D eigenvalue weighted by atomic mass is 10.2. The molecule has 1 aliphatic rings. The van der Waals surface area contributed by atoms with Crippen LogP contribution in [0.25, 0.3) is 11.4 Å². The summed E-state index contributed by atoms with van der Waals surface area (Å²) in [4.78, 5) is 15.8. The first-order valence-electron chi connectivity index (χ1n) is 5.87. The van der Waals surface area contributed by atoms with Gasteiger partial charge in [0.1, 0.15) is 23.9 Å². The third kappa shape index (κ3) is 1.92. The van der Waals surface area contributed by atoms with Crippen molar-refractivity contribution in [3.8, 4) is 17.1 Å². The quantitative estimate of drug-likeness (QED) is 0.874. The number of amides is 1. The Morgan fingerprint density at radius 3 is 3.05 bits per heavy atom. The number of nitrogens with two attached hydrogens (primary N) is 1. The van der Waals surface area contributed by atoms with Gasteiger partial charge in [-0.05, 0) is 25.1 Å². The van der Waals surface area contributed by atoms with Gasteiger partial charge in [-0.3, -0.25) is 4.79 Å². The Balaban J connectivity index is 2.28. The minimum Gasteiger partial charge on any atom is -0.491 e. The zero-order chi connectivity index (χ0) is 13.6. The molecule has 1 aromatic carbocycles. The molecule has 0 radical (unpaired) electrons. The van der Waals surface area contributed by atoms with Crippen molar-refractivity contribution in [1.82, 2.24) is 9.55 Å². The van der Waals surface area contributed by atoms with Gasteiger partial charge in [0.25, 0.3) is 5.91 Å². The molecule has 2 N–H and O–H groups in total. The lowest BCUT2D eigenvalue weighted by Gasteiger charge is -2.05. The number of hydrogen-bond acceptors (Lipinski definition) is 3. The maximum Gasteiger partial charge on any atom is 0.269 e. The van der Waals surface area contributed by atoms with E-state index in [1.54, 1.807) is 0 Å². The molecule has 0 spiro atoms. The van der Waals surface area contributed by atoms with Gasteiger partial charge in [0.2, 0.25) is 0 Å². The molecule has 1 amide bonds. The maximum atomic E-state index is 11.4. The van der Waals surface area contributed by atoms with Gasteiger partial charge in [0, 0.05) is 10.2 Å². The first-order chi connectivity index (χ1) is 9.08. The zero-order valence-corrected chi connectivity index (χ0v) is 11.9. The van der Waals surface area contributed by atoms with E-state index < -0.39 is 5.91 Å². The van der Waals surface area contributed by atoms with E-state index in [1.165, 1.54) is 0 Å². The average molecular weight is 322 g/mol. The smallest absolute Gasteiger partial charge is 0.269 e. The number of primary amides is 1. The van der Waals surface area contributed by atoms with E-state index in [-0.39, 0.29) is 0 Å². The molecule has 98 valence electrons. The Labute approximate surface area is 118 Å². The highest BCUT2D eigenvalue weighted by molar-refractivity contribution is 9.10. The molecular formula is C13H12BrN3O2. The summed E-state index contributed by atoms with van der Waals surface area (Å²) in [6, 6.07) is 5.74. The topological polar surface area (TPSA) is 70.1 Å². The summed E-state index contributed by atoms with van der Waals surface area (Å²) in [7, 11) is 0. The Morgan fingerprint density at radius 2 is 2.32 bits per heavy atom. The van der Waals surface area contributed by atoms with Gasteiger partial charge in [-0.15, -0.1) is 0 Å². The number of rotatable bonds is 1. The van der Waals surface area contributed by atoms with Crippen LogP contribution in [0.5, 0.6) is 5.75 Å². The summed E-state index contributed by atoms with van der Waals surface area (Å²) in [5, 5.41) is 0. The van der Waals surface area contributed by atoms with Gasteiger partial charge < -0.3 is 15.0 Å². The fourth-order valence-corrected chi connectivity index (χ4v) is 2.66. The van der Waals surface area contributed by atoms with Crippen LogP contribution in [0, 0.1) is 6.92 Å². The van der Waals surface area contributed by atoms with Gasteiger partial charge in [0.05, 0.1) is 12.1 Å². The molecular weight excluding hydrogens is 310 g/mol. The molecule has 1 aliphatic heterocycles. The van der Waals surface area contributed by atoms with Crippen molar-refractivity contribution in [3.05, 3.63) is 34.1 Å². The summed E-state index contributed by atoms with van der Waals surface area (Å²) in [5.41, 5.74) is 7.32. The minimum absolute atomic E-state index is 0.322. The van der Waals surface area contributed by atoms with Gasteiger partial charge >= 0.3 is 0 Å². The van der Waals surface area contributed by atoms with Gasteiger partial charge in [-0.25, -0.2) is 4.98 Å². The van der Waals surface area contributed by atoms with E-state index in [4.69, 9.17) is 10.5 Å². The summed E-state index contributed by atoms with van der Waals surface area (Å²) in [6.07, 6.45) is 0. The fourth-order valence-electron chi connectivity index (χ4n) is 2.30. The Hall–Kier alpha value is -1.82. The second-order valence-electron chi connectivity index (χ2n) is 4.37. The average Bonchev–Trinajstić information content (AvgIpc) is 2.59. The number of benzene rings is 1. The minimum atomic E-state index is -0.504. The Kier molecular flexibility index (Phi) is 2.82. The summed E-state index contributed by atoms with van der Waals surface area (Å²) < 4.78 is 8.61. The Bertz CT molecular complexity index is 679. The van der Waals surface area contributed by atoms with Crippen LogP contribution in [0.1, 0.15) is 16.2 Å². The van der Waals surface area contributed by atoms with Crippen LogP contribution in [0.3, 0.4) is 0 Å². The molecule has 1 aromatic heterocycles. The maximum absolute atomic E-state index is 11.4. The number of imidazole rings is 1. The molecule has 5 nitrogen and oxygen atoms in total. The molecule has 0 saturated carbocycles. The van der Waals surface area contributed by atoms with E-state index in [0.717, 1.165) is 27.3 Å². The number of ether oxygens (including phenoxy) is 1. The molecule has 0 saturated heterocycles. The van der Waals surface area contributed by atoms with E-state index in [9.17, 15) is 4.79 Å². The molecule has 2 heterocycles. The van der Waals surface area contributed by atoms with Crippen molar-refractivity contribution in [2.75, 3.05) is 6.61 Å². The number of carbonyl (C=O) groups is 1. The van der Waals surface area contributed by atoms with E-state index in [2.05, 4.69) is 20.9 Å². The van der Waals surface area contributed by atoms with Crippen LogP contribution >= 0.6 is 15.9 Å². The third-order valence-corrected chi connectivity index (χ3v) is 3.70. The largest absolute Gasteiger partial charge is 0.491 e. The summed E-state index contributed by atoms with van der Waals surface area (Å²) in [5.74, 6) is 0.985. The van der Waals surface area contributed by atoms with Crippen molar-refractivity contribution in [2.45, 2.75) is 13.5 Å². The predicted octanol–water partition coefficient (Wildman–Crippen LogP) is 2.11. The summed E-state index contributed by atoms with van der Waals surface area (Å²) in [6.45, 7) is 3.03. The highest BCUT2D eigenvalue weighted by Gasteiger charge is 2.23. The van der Waals surface area contributed by atoms with Crippen LogP contribution in [0.4, 0.5) is 0 Å². The third-order valence-electron chi connectivity index (χ3n) is 3.21. The normalized spacial score (nSPS) is 13.2. The van der Waals surface area contributed by atoms with Crippen LogP contribution in [-0.4, -0.2) is 22.1 Å². The molecule has 0 aliphatic carbocycles. The molecule has 0 fully saturated rings. The van der Waals surface area contributed by atoms with E-state index in [1.807, 2.05) is 29.7 Å². The van der Waals surface area contributed by atoms with Crippen LogP contribution in [0.2, 0.25) is 0 Å². The van der Waals surface area contributed by atoms with Crippen LogP contribution in [-0.2, 0) is 6.54 Å². The highest BCUT2D eigenvalue weighted by Crippen LogP contribution is 2.35. The van der Waals surface area contributed by atoms with Gasteiger partial charge in [-0.1, -0.05) is 15.9 Å². The van der Waals surface area contributed by atoms with Gasteiger partial charge in [-0.2, -0.15) is 0 Å². The molecule has 19 heavy (non-hydrogen) atoms. The van der Waals surface area contributed by atoms with Crippen molar-refractivity contribution in [1.29, 1.82) is 0 Å². The van der Waals surface area contributed by atoms with Crippen molar-refractivity contribution in [3.63, 3.8) is 0 Å². The molecule has 0 bridgehead atoms. The van der Waals surface area contributed by atoms with E-state index in [0.29, 0.717) is 18.8 Å². The number of nitrogens with zero attached hydrogens (tertiary/aromatic N) is 2. The second kappa shape index (κ2) is 4.38. The predicted molar refractivity (Wildman–Crippen MR) is 74.1 cm³/mol. The van der Waals surface area contributed by atoms with Crippen molar-refractivity contribution < 1.29 is 9.53 Å².